The van der Waals surface area contributed by atoms with Crippen LogP contribution in [-0.2, 0) is 10.3 Å². The number of benzene rings is 1. The van der Waals surface area contributed by atoms with Crippen LogP contribution in [0.2, 0.25) is 0 Å². The van der Waals surface area contributed by atoms with Gasteiger partial charge in [0.25, 0.3) is 0 Å². The van der Waals surface area contributed by atoms with Crippen molar-refractivity contribution in [2.75, 3.05) is 32.8 Å². The second-order valence-electron chi connectivity index (χ2n) is 9.73. The molecule has 6 heterocycles. The summed E-state index contributed by atoms with van der Waals surface area (Å²) in [5.41, 5.74) is 2.30. The Bertz CT molecular complexity index is 1480. The van der Waals surface area contributed by atoms with E-state index in [0.29, 0.717) is 19.4 Å². The summed E-state index contributed by atoms with van der Waals surface area (Å²) in [4.78, 5) is 19.4. The van der Waals surface area contributed by atoms with E-state index < -0.39 is 5.60 Å². The molecular weight excluding hydrogens is 506 g/mol. The lowest BCUT2D eigenvalue weighted by atomic mass is 9.91. The van der Waals surface area contributed by atoms with Gasteiger partial charge in [0.15, 0.2) is 0 Å². The van der Waals surface area contributed by atoms with Crippen molar-refractivity contribution in [3.05, 3.63) is 70.0 Å². The molecule has 0 aliphatic carbocycles. The second-order valence-corrected chi connectivity index (χ2v) is 11.7. The molecule has 2 N–H and O–H groups in total. The fourth-order valence-electron chi connectivity index (χ4n) is 5.68. The lowest BCUT2D eigenvalue weighted by molar-refractivity contribution is -0.100. The van der Waals surface area contributed by atoms with Gasteiger partial charge in [0.05, 0.1) is 40.8 Å². The molecule has 0 radical (unpaired) electrons. The van der Waals surface area contributed by atoms with Gasteiger partial charge in [-0.15, -0.1) is 22.7 Å². The van der Waals surface area contributed by atoms with Crippen LogP contribution in [-0.4, -0.2) is 72.8 Å². The first-order valence-electron chi connectivity index (χ1n) is 12.5. The Morgan fingerprint density at radius 2 is 2.05 bits per heavy atom. The van der Waals surface area contributed by atoms with E-state index in [1.807, 2.05) is 23.8 Å². The number of piperidine rings is 1. The molecule has 2 saturated heterocycles. The van der Waals surface area contributed by atoms with E-state index in [0.717, 1.165) is 57.9 Å². The Hall–Kier alpha value is -2.80. The molecule has 0 saturated carbocycles. The number of ether oxygens (including phenoxy) is 1. The third-order valence-corrected chi connectivity index (χ3v) is 9.64. The largest absolute Gasteiger partial charge is 0.383 e. The van der Waals surface area contributed by atoms with Gasteiger partial charge >= 0.3 is 0 Å². The summed E-state index contributed by atoms with van der Waals surface area (Å²) in [5.74, 6) is 0. The maximum Gasteiger partial charge on any atom is 0.124 e. The van der Waals surface area contributed by atoms with E-state index >= 15 is 0 Å². The van der Waals surface area contributed by atoms with Crippen LogP contribution in [0.1, 0.15) is 40.6 Å². The summed E-state index contributed by atoms with van der Waals surface area (Å²) in [6, 6.07) is 8.45. The number of aliphatic hydroxyl groups is 1. The van der Waals surface area contributed by atoms with Gasteiger partial charge in [0, 0.05) is 54.2 Å². The topological polar surface area (TPSA) is 103 Å². The van der Waals surface area contributed by atoms with Crippen molar-refractivity contribution in [1.82, 2.24) is 34.9 Å². The molecule has 5 aromatic rings. The zero-order valence-electron chi connectivity index (χ0n) is 20.2. The molecule has 37 heavy (non-hydrogen) atoms. The maximum absolute atomic E-state index is 11.4. The number of hydrogen-bond donors (Lipinski definition) is 2. The Kier molecular flexibility index (Phi) is 5.99. The van der Waals surface area contributed by atoms with Gasteiger partial charge in [-0.1, -0.05) is 12.1 Å². The molecule has 0 bridgehead atoms. The average Bonchev–Trinajstić information content (AvgIpc) is 3.71. The highest BCUT2D eigenvalue weighted by Gasteiger charge is 2.41. The van der Waals surface area contributed by atoms with E-state index in [1.54, 1.807) is 23.9 Å². The van der Waals surface area contributed by atoms with Gasteiger partial charge in [-0.25, -0.2) is 15.0 Å². The Morgan fingerprint density at radius 3 is 2.89 bits per heavy atom. The van der Waals surface area contributed by atoms with E-state index in [1.165, 1.54) is 16.2 Å². The number of likely N-dealkylation sites (tertiary alicyclic amines) is 1. The van der Waals surface area contributed by atoms with Crippen LogP contribution >= 0.6 is 22.7 Å². The van der Waals surface area contributed by atoms with Crippen molar-refractivity contribution in [2.24, 2.45) is 0 Å². The van der Waals surface area contributed by atoms with Gasteiger partial charge in [-0.05, 0) is 30.5 Å². The van der Waals surface area contributed by atoms with E-state index in [4.69, 9.17) is 4.74 Å². The van der Waals surface area contributed by atoms with Gasteiger partial charge in [-0.2, -0.15) is 5.10 Å². The summed E-state index contributed by atoms with van der Waals surface area (Å²) >= 11 is 3.29. The number of thiazole rings is 1. The van der Waals surface area contributed by atoms with Crippen LogP contribution in [0.4, 0.5) is 0 Å². The minimum Gasteiger partial charge on any atom is -0.383 e. The standard InChI is InChI=1S/C26H27N7O2S2/c34-26(25-28-6-11-36-25)4-7-32(8-5-26)24(22-12-20-23(37-22)14-27-16-29-20)33-9-10-35-21(15-33)17-2-1-3-19-18(17)13-30-31-19/h1-3,6,11-14,16,21,24,34H,4-5,7-10,15H2,(H,30,31). The highest BCUT2D eigenvalue weighted by molar-refractivity contribution is 7.19. The molecule has 2 aliphatic heterocycles. The van der Waals surface area contributed by atoms with Crippen molar-refractivity contribution < 1.29 is 9.84 Å². The summed E-state index contributed by atoms with van der Waals surface area (Å²) in [6.07, 6.45) is 8.50. The molecule has 2 fully saturated rings. The highest BCUT2D eigenvalue weighted by Crippen LogP contribution is 2.41. The smallest absolute Gasteiger partial charge is 0.124 e. The van der Waals surface area contributed by atoms with Gasteiger partial charge in [-0.3, -0.25) is 14.9 Å². The van der Waals surface area contributed by atoms with Crippen molar-refractivity contribution in [2.45, 2.75) is 30.7 Å². The number of H-pyrrole nitrogens is 1. The molecule has 2 atom stereocenters. The number of morpholine rings is 1. The fraction of sp³-hybridized carbons (Fsp3) is 0.385. The highest BCUT2D eigenvalue weighted by atomic mass is 32.1. The van der Waals surface area contributed by atoms with E-state index in [9.17, 15) is 5.11 Å². The predicted octanol–water partition coefficient (Wildman–Crippen LogP) is 4.08. The molecule has 11 heteroatoms. The van der Waals surface area contributed by atoms with Crippen LogP contribution in [0.5, 0.6) is 0 Å². The summed E-state index contributed by atoms with van der Waals surface area (Å²) in [6.45, 7) is 3.80. The first-order valence-corrected chi connectivity index (χ1v) is 14.2. The number of nitrogens with zero attached hydrogens (tertiary/aromatic N) is 6. The third kappa shape index (κ3) is 4.25. The number of thiophene rings is 1. The SMILES string of the molecule is OC1(c2nccs2)CCN(C(c2cc3ncncc3s2)N2CCOC(c3cccc4[nH]ncc34)C2)CC1. The predicted molar refractivity (Wildman–Crippen MR) is 143 cm³/mol. The van der Waals surface area contributed by atoms with E-state index in [2.05, 4.69) is 53.1 Å². The summed E-state index contributed by atoms with van der Waals surface area (Å²) < 4.78 is 7.41. The van der Waals surface area contributed by atoms with Crippen molar-refractivity contribution in [3.63, 3.8) is 0 Å². The molecule has 2 unspecified atom stereocenters. The Labute approximate surface area is 221 Å². The van der Waals surface area contributed by atoms with Crippen molar-refractivity contribution in [3.8, 4) is 0 Å². The molecule has 1 aromatic carbocycles. The number of fused-ring (bicyclic) bond motifs is 2. The van der Waals surface area contributed by atoms with Crippen LogP contribution in [0.15, 0.2) is 54.6 Å². The maximum atomic E-state index is 11.4. The molecule has 0 spiro atoms. The molecule has 7 rings (SSSR count). The number of nitrogens with one attached hydrogen (secondary N) is 1. The first kappa shape index (κ1) is 23.3. The minimum atomic E-state index is -0.856. The molecular formula is C26H27N7O2S2. The molecule has 190 valence electrons. The van der Waals surface area contributed by atoms with E-state index in [-0.39, 0.29) is 12.3 Å². The second kappa shape index (κ2) is 9.50. The molecule has 4 aromatic heterocycles. The van der Waals surface area contributed by atoms with Crippen LogP contribution in [0.3, 0.4) is 0 Å². The number of rotatable bonds is 5. The number of aromatic nitrogens is 5. The average molecular weight is 534 g/mol. The molecule has 0 amide bonds. The van der Waals surface area contributed by atoms with Crippen LogP contribution < -0.4 is 0 Å². The number of aromatic amines is 1. The van der Waals surface area contributed by atoms with Crippen LogP contribution in [0.25, 0.3) is 21.1 Å². The monoisotopic (exact) mass is 533 g/mol. The molecule has 9 nitrogen and oxygen atoms in total. The fourth-order valence-corrected chi connectivity index (χ4v) is 7.63. The Balaban J connectivity index is 1.21. The quantitative estimate of drug-likeness (QED) is 0.348. The summed E-state index contributed by atoms with van der Waals surface area (Å²) in [5, 5.41) is 22.6. The van der Waals surface area contributed by atoms with Crippen molar-refractivity contribution >= 4 is 43.8 Å². The van der Waals surface area contributed by atoms with Gasteiger partial charge in [0.2, 0.25) is 0 Å². The third-order valence-electron chi connectivity index (χ3n) is 7.58. The lowest BCUT2D eigenvalue weighted by Crippen LogP contribution is -2.51. The zero-order valence-corrected chi connectivity index (χ0v) is 21.8. The van der Waals surface area contributed by atoms with Crippen molar-refractivity contribution in [1.29, 1.82) is 0 Å². The van der Waals surface area contributed by atoms with Gasteiger partial charge in [0.1, 0.15) is 16.9 Å². The van der Waals surface area contributed by atoms with Gasteiger partial charge < -0.3 is 9.84 Å². The number of hydrogen-bond acceptors (Lipinski definition) is 10. The minimum absolute atomic E-state index is 0.0521. The molecule has 2 aliphatic rings. The normalized spacial score (nSPS) is 22.0. The lowest BCUT2D eigenvalue weighted by Gasteiger charge is -2.46. The first-order chi connectivity index (χ1) is 18.2. The zero-order chi connectivity index (χ0) is 24.8. The Morgan fingerprint density at radius 1 is 1.14 bits per heavy atom. The van der Waals surface area contributed by atoms with Crippen LogP contribution in [0, 0.1) is 0 Å². The summed E-state index contributed by atoms with van der Waals surface area (Å²) in [7, 11) is 0.